The van der Waals surface area contributed by atoms with Crippen LogP contribution in [0.3, 0.4) is 0 Å². The highest BCUT2D eigenvalue weighted by atomic mass is 16.6. The molecule has 31 heavy (non-hydrogen) atoms. The normalized spacial score (nSPS) is 20.0. The second-order valence-corrected chi connectivity index (χ2v) is 9.39. The van der Waals surface area contributed by atoms with E-state index < -0.39 is 5.60 Å². The molecule has 0 bridgehead atoms. The Hall–Kier alpha value is -2.48. The van der Waals surface area contributed by atoms with Crippen LogP contribution in [0.5, 0.6) is 11.5 Å². The van der Waals surface area contributed by atoms with Gasteiger partial charge >= 0.3 is 6.09 Å². The van der Waals surface area contributed by atoms with Crippen molar-refractivity contribution in [3.05, 3.63) is 18.2 Å². The van der Waals surface area contributed by atoms with E-state index in [-0.39, 0.29) is 18.0 Å². The first-order valence-corrected chi connectivity index (χ1v) is 11.0. The van der Waals surface area contributed by atoms with Gasteiger partial charge in [0.15, 0.2) is 11.5 Å². The summed E-state index contributed by atoms with van der Waals surface area (Å²) in [5.74, 6) is 1.60. The van der Waals surface area contributed by atoms with E-state index >= 15 is 0 Å². The van der Waals surface area contributed by atoms with E-state index in [1.165, 1.54) is 0 Å². The lowest BCUT2D eigenvalue weighted by atomic mass is 9.96. The lowest BCUT2D eigenvalue weighted by Gasteiger charge is -2.37. The number of piperidine rings is 1. The number of nitrogens with one attached hydrogen (secondary N) is 1. The molecule has 2 aliphatic heterocycles. The maximum Gasteiger partial charge on any atom is 0.410 e. The fourth-order valence-electron chi connectivity index (χ4n) is 3.93. The van der Waals surface area contributed by atoms with Crippen LogP contribution in [0, 0.1) is 5.92 Å². The first-order chi connectivity index (χ1) is 14.6. The summed E-state index contributed by atoms with van der Waals surface area (Å²) in [6, 6.07) is 5.17. The molecule has 2 unspecified atom stereocenters. The van der Waals surface area contributed by atoms with Gasteiger partial charge in [0.2, 0.25) is 5.91 Å². The average molecular weight is 434 g/mol. The first-order valence-electron chi connectivity index (χ1n) is 11.0. The minimum absolute atomic E-state index is 0.0576. The Morgan fingerprint density at radius 3 is 2.68 bits per heavy atom. The quantitative estimate of drug-likeness (QED) is 0.767. The molecule has 172 valence electrons. The fraction of sp³-hybridized carbons (Fsp3) is 0.652. The number of fused-ring (bicyclic) bond motifs is 1. The van der Waals surface area contributed by atoms with Crippen molar-refractivity contribution in [2.24, 2.45) is 5.92 Å². The number of carbonyl (C=O) groups excluding carboxylic acids is 2. The number of hydrogen-bond donors (Lipinski definition) is 1. The molecule has 1 N–H and O–H groups in total. The Bertz CT molecular complexity index is 792. The zero-order chi connectivity index (χ0) is 22.6. The minimum atomic E-state index is -0.510. The first kappa shape index (κ1) is 23.2. The van der Waals surface area contributed by atoms with Gasteiger partial charge in [-0.05, 0) is 65.1 Å². The number of carbonyl (C=O) groups is 2. The Labute approximate surface area is 184 Å². The van der Waals surface area contributed by atoms with E-state index in [4.69, 9.17) is 14.2 Å². The molecule has 2 atom stereocenters. The predicted octanol–water partition coefficient (Wildman–Crippen LogP) is 3.36. The topological polar surface area (TPSA) is 80.3 Å². The highest BCUT2D eigenvalue weighted by Gasteiger charge is 2.30. The Kier molecular flexibility index (Phi) is 7.30. The average Bonchev–Trinajstić information content (AvgIpc) is 2.72. The van der Waals surface area contributed by atoms with Crippen LogP contribution in [0.25, 0.3) is 0 Å². The molecule has 1 aromatic rings. The predicted molar refractivity (Wildman–Crippen MR) is 119 cm³/mol. The smallest absolute Gasteiger partial charge is 0.410 e. The zero-order valence-electron chi connectivity index (χ0n) is 19.3. The molecule has 0 aromatic heterocycles. The SMILES string of the molecule is CC(C(=O)Nc1ccc2c(c1)OCCO2)N1CCCC(CN(C)C(=O)OC(C)(C)C)C1. The highest BCUT2D eigenvalue weighted by Crippen LogP contribution is 2.32. The van der Waals surface area contributed by atoms with Crippen molar-refractivity contribution in [2.45, 2.75) is 52.2 Å². The van der Waals surface area contributed by atoms with Gasteiger partial charge in [-0.15, -0.1) is 0 Å². The van der Waals surface area contributed by atoms with Crippen LogP contribution in [-0.2, 0) is 9.53 Å². The van der Waals surface area contributed by atoms with Crippen molar-refractivity contribution in [2.75, 3.05) is 45.2 Å². The second-order valence-electron chi connectivity index (χ2n) is 9.39. The third kappa shape index (κ3) is 6.50. The molecular formula is C23H35N3O5. The molecule has 2 amide bonds. The summed E-state index contributed by atoms with van der Waals surface area (Å²) in [5.41, 5.74) is 0.184. The number of amides is 2. The lowest BCUT2D eigenvalue weighted by molar-refractivity contribution is -0.121. The molecule has 1 aromatic carbocycles. The summed E-state index contributed by atoms with van der Waals surface area (Å²) in [6.07, 6.45) is 1.71. The van der Waals surface area contributed by atoms with Crippen LogP contribution < -0.4 is 14.8 Å². The molecule has 8 heteroatoms. The van der Waals surface area contributed by atoms with Crippen molar-refractivity contribution in [3.63, 3.8) is 0 Å². The Morgan fingerprint density at radius 2 is 1.97 bits per heavy atom. The monoisotopic (exact) mass is 433 g/mol. The summed E-state index contributed by atoms with van der Waals surface area (Å²) < 4.78 is 16.6. The van der Waals surface area contributed by atoms with Crippen LogP contribution >= 0.6 is 0 Å². The molecule has 1 saturated heterocycles. The molecule has 2 aliphatic rings. The Balaban J connectivity index is 1.53. The minimum Gasteiger partial charge on any atom is -0.486 e. The largest absolute Gasteiger partial charge is 0.486 e. The van der Waals surface area contributed by atoms with Crippen molar-refractivity contribution in [1.82, 2.24) is 9.80 Å². The number of nitrogens with zero attached hydrogens (tertiary/aromatic N) is 2. The molecule has 2 heterocycles. The lowest BCUT2D eigenvalue weighted by Crippen LogP contribution is -2.49. The van der Waals surface area contributed by atoms with E-state index in [9.17, 15) is 9.59 Å². The Morgan fingerprint density at radius 1 is 1.26 bits per heavy atom. The number of rotatable bonds is 5. The summed E-state index contributed by atoms with van der Waals surface area (Å²) in [5, 5.41) is 2.99. The van der Waals surface area contributed by atoms with Gasteiger partial charge in [0.05, 0.1) is 6.04 Å². The summed E-state index contributed by atoms with van der Waals surface area (Å²) in [6.45, 7) is 10.8. The van der Waals surface area contributed by atoms with Crippen LogP contribution in [0.15, 0.2) is 18.2 Å². The zero-order valence-corrected chi connectivity index (χ0v) is 19.3. The van der Waals surface area contributed by atoms with Gasteiger partial charge in [-0.1, -0.05) is 0 Å². The number of ether oxygens (including phenoxy) is 3. The number of hydrogen-bond acceptors (Lipinski definition) is 6. The summed E-state index contributed by atoms with van der Waals surface area (Å²) in [7, 11) is 1.77. The van der Waals surface area contributed by atoms with Crippen molar-refractivity contribution < 1.29 is 23.8 Å². The van der Waals surface area contributed by atoms with Gasteiger partial charge in [-0.3, -0.25) is 9.69 Å². The molecule has 1 fully saturated rings. The maximum absolute atomic E-state index is 12.9. The van der Waals surface area contributed by atoms with Gasteiger partial charge in [-0.25, -0.2) is 4.79 Å². The van der Waals surface area contributed by atoms with Gasteiger partial charge in [0.25, 0.3) is 0 Å². The van der Waals surface area contributed by atoms with Gasteiger partial charge in [-0.2, -0.15) is 0 Å². The number of likely N-dealkylation sites (tertiary alicyclic amines) is 1. The third-order valence-corrected chi connectivity index (χ3v) is 5.52. The molecule has 0 saturated carbocycles. The van der Waals surface area contributed by atoms with Crippen molar-refractivity contribution >= 4 is 17.7 Å². The van der Waals surface area contributed by atoms with Crippen LogP contribution in [-0.4, -0.2) is 73.3 Å². The van der Waals surface area contributed by atoms with E-state index in [1.54, 1.807) is 18.0 Å². The molecule has 8 nitrogen and oxygen atoms in total. The third-order valence-electron chi connectivity index (χ3n) is 5.52. The molecule has 3 rings (SSSR count). The maximum atomic E-state index is 12.9. The van der Waals surface area contributed by atoms with Gasteiger partial charge < -0.3 is 24.4 Å². The van der Waals surface area contributed by atoms with Crippen LogP contribution in [0.2, 0.25) is 0 Å². The van der Waals surface area contributed by atoms with E-state index in [0.717, 1.165) is 25.9 Å². The van der Waals surface area contributed by atoms with Crippen molar-refractivity contribution in [1.29, 1.82) is 0 Å². The molecular weight excluding hydrogens is 398 g/mol. The fourth-order valence-corrected chi connectivity index (χ4v) is 3.93. The second kappa shape index (κ2) is 9.77. The van der Waals surface area contributed by atoms with E-state index in [2.05, 4.69) is 10.2 Å². The van der Waals surface area contributed by atoms with Crippen LogP contribution in [0.4, 0.5) is 10.5 Å². The van der Waals surface area contributed by atoms with Gasteiger partial charge in [0.1, 0.15) is 18.8 Å². The van der Waals surface area contributed by atoms with Crippen LogP contribution in [0.1, 0.15) is 40.5 Å². The van der Waals surface area contributed by atoms with E-state index in [1.807, 2.05) is 39.8 Å². The molecule has 0 spiro atoms. The molecule has 0 aliphatic carbocycles. The number of benzene rings is 1. The standard InChI is InChI=1S/C23H35N3O5/c1-16(21(27)24-18-8-9-19-20(13-18)30-12-11-29-19)26-10-6-7-17(15-26)14-25(5)22(28)31-23(2,3)4/h8-9,13,16-17H,6-7,10-12,14-15H2,1-5H3,(H,24,27). The van der Waals surface area contributed by atoms with E-state index in [0.29, 0.717) is 42.9 Å². The summed E-state index contributed by atoms with van der Waals surface area (Å²) >= 11 is 0. The van der Waals surface area contributed by atoms with Crippen molar-refractivity contribution in [3.8, 4) is 11.5 Å². The number of anilines is 1. The highest BCUT2D eigenvalue weighted by molar-refractivity contribution is 5.94. The molecule has 0 radical (unpaired) electrons. The van der Waals surface area contributed by atoms with Gasteiger partial charge in [0, 0.05) is 31.9 Å². The summed E-state index contributed by atoms with van der Waals surface area (Å²) in [4.78, 5) is 29.0.